The second-order valence-electron chi connectivity index (χ2n) is 5.97. The summed E-state index contributed by atoms with van der Waals surface area (Å²) >= 11 is 1.11. The summed E-state index contributed by atoms with van der Waals surface area (Å²) in [6, 6.07) is 11.3. The van der Waals surface area contributed by atoms with Gasteiger partial charge in [-0.25, -0.2) is 0 Å². The van der Waals surface area contributed by atoms with Gasteiger partial charge in [0.1, 0.15) is 6.54 Å². The number of benzene rings is 2. The predicted octanol–water partition coefficient (Wildman–Crippen LogP) is 3.22. The molecule has 0 fully saturated rings. The third kappa shape index (κ3) is 4.15. The normalized spacial score (nSPS) is 11.6. The van der Waals surface area contributed by atoms with Crippen molar-refractivity contribution in [2.24, 2.45) is 4.99 Å². The van der Waals surface area contributed by atoms with Crippen LogP contribution in [0.15, 0.2) is 47.5 Å². The largest absolute Gasteiger partial charge is 0.465 e. The Morgan fingerprint density at radius 3 is 2.71 bits per heavy atom. The number of hydrogen-bond donors (Lipinski definition) is 0. The molecule has 8 nitrogen and oxygen atoms in total. The van der Waals surface area contributed by atoms with Gasteiger partial charge < -0.3 is 9.30 Å². The first-order valence-corrected chi connectivity index (χ1v) is 9.30. The van der Waals surface area contributed by atoms with Crippen LogP contribution in [0.5, 0.6) is 0 Å². The number of nitro groups is 1. The van der Waals surface area contributed by atoms with E-state index < -0.39 is 16.8 Å². The molecule has 1 aromatic heterocycles. The van der Waals surface area contributed by atoms with Gasteiger partial charge in [0.2, 0.25) is 0 Å². The summed E-state index contributed by atoms with van der Waals surface area (Å²) in [5.74, 6) is -0.938. The van der Waals surface area contributed by atoms with Gasteiger partial charge in [-0.15, -0.1) is 0 Å². The quantitative estimate of drug-likeness (QED) is 0.372. The molecule has 0 aliphatic carbocycles. The van der Waals surface area contributed by atoms with E-state index in [2.05, 4.69) is 4.99 Å². The molecule has 0 unspecified atom stereocenters. The molecule has 9 heteroatoms. The molecular weight excluding hydrogens is 382 g/mol. The van der Waals surface area contributed by atoms with Crippen molar-refractivity contribution in [1.82, 2.24) is 4.57 Å². The molecule has 1 heterocycles. The first-order chi connectivity index (χ1) is 13.4. The maximum absolute atomic E-state index is 12.6. The van der Waals surface area contributed by atoms with Gasteiger partial charge in [0.25, 0.3) is 11.6 Å². The van der Waals surface area contributed by atoms with Crippen molar-refractivity contribution in [2.45, 2.75) is 20.4 Å². The molecule has 2 aromatic carbocycles. The van der Waals surface area contributed by atoms with Gasteiger partial charge in [-0.1, -0.05) is 29.0 Å². The molecular formula is C19H17N3O5S. The predicted molar refractivity (Wildman–Crippen MR) is 104 cm³/mol. The van der Waals surface area contributed by atoms with Crippen LogP contribution in [0.4, 0.5) is 5.69 Å². The van der Waals surface area contributed by atoms with Crippen molar-refractivity contribution in [1.29, 1.82) is 0 Å². The zero-order valence-electron chi connectivity index (χ0n) is 15.2. The highest BCUT2D eigenvalue weighted by Gasteiger charge is 2.15. The van der Waals surface area contributed by atoms with Crippen molar-refractivity contribution in [2.75, 3.05) is 6.61 Å². The van der Waals surface area contributed by atoms with Crippen molar-refractivity contribution in [3.05, 3.63) is 68.5 Å². The smallest absolute Gasteiger partial charge is 0.326 e. The summed E-state index contributed by atoms with van der Waals surface area (Å²) in [6.45, 7) is 3.65. The van der Waals surface area contributed by atoms with Crippen molar-refractivity contribution < 1.29 is 19.2 Å². The standard InChI is InChI=1S/C19H17N3O5S/c1-3-27-17(23)11-21-15-8-7-14(22(25)26)10-16(15)28-19(21)20-18(24)13-6-4-5-12(2)9-13/h4-10H,3,11H2,1-2H3. The summed E-state index contributed by atoms with van der Waals surface area (Å²) in [5, 5.41) is 11.0. The van der Waals surface area contributed by atoms with E-state index in [0.29, 0.717) is 15.8 Å². The van der Waals surface area contributed by atoms with E-state index in [-0.39, 0.29) is 23.6 Å². The van der Waals surface area contributed by atoms with E-state index in [0.717, 1.165) is 16.9 Å². The molecule has 0 saturated carbocycles. The van der Waals surface area contributed by atoms with E-state index in [1.54, 1.807) is 31.2 Å². The summed E-state index contributed by atoms with van der Waals surface area (Å²) in [4.78, 5) is 39.6. The fourth-order valence-corrected chi connectivity index (χ4v) is 3.74. The van der Waals surface area contributed by atoms with Gasteiger partial charge in [-0.05, 0) is 32.0 Å². The number of fused-ring (bicyclic) bond motifs is 1. The average Bonchev–Trinajstić information content (AvgIpc) is 2.98. The highest BCUT2D eigenvalue weighted by Crippen LogP contribution is 2.23. The van der Waals surface area contributed by atoms with Crippen LogP contribution in [0.3, 0.4) is 0 Å². The molecule has 0 bridgehead atoms. The van der Waals surface area contributed by atoms with Crippen LogP contribution >= 0.6 is 11.3 Å². The molecule has 0 spiro atoms. The highest BCUT2D eigenvalue weighted by atomic mass is 32.1. The first-order valence-electron chi connectivity index (χ1n) is 8.48. The van der Waals surface area contributed by atoms with Crippen LogP contribution in [0.2, 0.25) is 0 Å². The van der Waals surface area contributed by atoms with Gasteiger partial charge in [-0.3, -0.25) is 19.7 Å². The second kappa shape index (κ2) is 8.13. The van der Waals surface area contributed by atoms with Crippen molar-refractivity contribution in [3.63, 3.8) is 0 Å². The molecule has 0 aliphatic heterocycles. The van der Waals surface area contributed by atoms with Crippen LogP contribution in [0.1, 0.15) is 22.8 Å². The van der Waals surface area contributed by atoms with E-state index >= 15 is 0 Å². The number of aromatic nitrogens is 1. The number of thiazole rings is 1. The summed E-state index contributed by atoms with van der Waals surface area (Å²) in [5.41, 5.74) is 1.84. The van der Waals surface area contributed by atoms with Gasteiger partial charge in [0.05, 0.1) is 21.7 Å². The summed E-state index contributed by atoms with van der Waals surface area (Å²) < 4.78 is 7.08. The number of esters is 1. The SMILES string of the molecule is CCOC(=O)Cn1c(=NC(=O)c2cccc(C)c2)sc2cc([N+](=O)[O-])ccc21. The van der Waals surface area contributed by atoms with Crippen molar-refractivity contribution in [3.8, 4) is 0 Å². The van der Waals surface area contributed by atoms with Crippen LogP contribution in [-0.2, 0) is 16.1 Å². The Morgan fingerprint density at radius 2 is 2.04 bits per heavy atom. The number of non-ortho nitro benzene ring substituents is 1. The molecule has 0 saturated heterocycles. The minimum atomic E-state index is -0.496. The molecule has 0 aliphatic rings. The third-order valence-electron chi connectivity index (χ3n) is 3.93. The summed E-state index contributed by atoms with van der Waals surface area (Å²) in [7, 11) is 0. The molecule has 144 valence electrons. The number of nitrogens with zero attached hydrogens (tertiary/aromatic N) is 3. The summed E-state index contributed by atoms with van der Waals surface area (Å²) in [6.07, 6.45) is 0. The van der Waals surface area contributed by atoms with Crippen LogP contribution in [0, 0.1) is 17.0 Å². The molecule has 3 aromatic rings. The monoisotopic (exact) mass is 399 g/mol. The molecule has 0 atom stereocenters. The number of ether oxygens (including phenoxy) is 1. The lowest BCUT2D eigenvalue weighted by Gasteiger charge is -2.05. The zero-order valence-corrected chi connectivity index (χ0v) is 16.1. The fourth-order valence-electron chi connectivity index (χ4n) is 2.68. The average molecular weight is 399 g/mol. The number of carbonyl (C=O) groups excluding carboxylic acids is 2. The van der Waals surface area contributed by atoms with Gasteiger partial charge in [0.15, 0.2) is 4.80 Å². The van der Waals surface area contributed by atoms with Crippen molar-refractivity contribution >= 4 is 39.1 Å². The van der Waals surface area contributed by atoms with Gasteiger partial charge >= 0.3 is 5.97 Å². The molecule has 0 N–H and O–H groups in total. The maximum Gasteiger partial charge on any atom is 0.326 e. The Labute approximate surface area is 163 Å². The minimum absolute atomic E-state index is 0.0754. The number of aryl methyl sites for hydroxylation is 1. The topological polar surface area (TPSA) is 104 Å². The lowest BCUT2D eigenvalue weighted by molar-refractivity contribution is -0.384. The first kappa shape index (κ1) is 19.4. The minimum Gasteiger partial charge on any atom is -0.465 e. The Balaban J connectivity index is 2.14. The second-order valence-corrected chi connectivity index (χ2v) is 6.98. The van der Waals surface area contributed by atoms with Crippen LogP contribution in [0.25, 0.3) is 10.2 Å². The van der Waals surface area contributed by atoms with E-state index in [9.17, 15) is 19.7 Å². The Bertz CT molecular complexity index is 1150. The van der Waals surface area contributed by atoms with Gasteiger partial charge in [-0.2, -0.15) is 4.99 Å². The van der Waals surface area contributed by atoms with E-state index in [1.807, 2.05) is 13.0 Å². The molecule has 0 radical (unpaired) electrons. The number of carbonyl (C=O) groups is 2. The Hall–Kier alpha value is -3.33. The van der Waals surface area contributed by atoms with Gasteiger partial charge in [0, 0.05) is 17.7 Å². The van der Waals surface area contributed by atoms with E-state index in [1.165, 1.54) is 16.7 Å². The molecule has 28 heavy (non-hydrogen) atoms. The maximum atomic E-state index is 12.6. The zero-order chi connectivity index (χ0) is 20.3. The molecule has 3 rings (SSSR count). The van der Waals surface area contributed by atoms with Crippen LogP contribution in [-0.4, -0.2) is 28.0 Å². The third-order valence-corrected chi connectivity index (χ3v) is 4.97. The number of amides is 1. The Kier molecular flexibility index (Phi) is 5.65. The number of nitro benzene ring substituents is 1. The fraction of sp³-hybridized carbons (Fsp3) is 0.211. The van der Waals surface area contributed by atoms with Crippen LogP contribution < -0.4 is 4.80 Å². The lowest BCUT2D eigenvalue weighted by atomic mass is 10.1. The Morgan fingerprint density at radius 1 is 1.25 bits per heavy atom. The highest BCUT2D eigenvalue weighted by molar-refractivity contribution is 7.16. The number of hydrogen-bond acceptors (Lipinski definition) is 6. The lowest BCUT2D eigenvalue weighted by Crippen LogP contribution is -2.23. The number of rotatable bonds is 5. The molecule has 1 amide bonds. The van der Waals surface area contributed by atoms with E-state index in [4.69, 9.17) is 4.74 Å².